The first-order valence-corrected chi connectivity index (χ1v) is 3.94. The Kier molecular flexibility index (Phi) is 3.16. The van der Waals surface area contributed by atoms with Gasteiger partial charge in [0, 0.05) is 6.42 Å². The van der Waals surface area contributed by atoms with E-state index < -0.39 is 12.0 Å². The van der Waals surface area contributed by atoms with Crippen LogP contribution < -0.4 is 5.73 Å². The third-order valence-electron chi connectivity index (χ3n) is 1.43. The van der Waals surface area contributed by atoms with Crippen molar-refractivity contribution in [3.8, 4) is 0 Å². The number of carbonyl (C=O) groups is 1. The second-order valence-corrected chi connectivity index (χ2v) is 2.88. The van der Waals surface area contributed by atoms with E-state index in [-0.39, 0.29) is 11.6 Å². The van der Waals surface area contributed by atoms with Crippen LogP contribution in [-0.2, 0) is 11.2 Å². The van der Waals surface area contributed by atoms with Gasteiger partial charge in [-0.15, -0.1) is 5.10 Å². The second kappa shape index (κ2) is 4.15. The van der Waals surface area contributed by atoms with Crippen LogP contribution in [0, 0.1) is 0 Å². The minimum Gasteiger partial charge on any atom is -0.480 e. The summed E-state index contributed by atoms with van der Waals surface area (Å²) in [7, 11) is 0. The van der Waals surface area contributed by atoms with Gasteiger partial charge in [0.2, 0.25) is 0 Å². The van der Waals surface area contributed by atoms with Gasteiger partial charge < -0.3 is 10.8 Å². The van der Waals surface area contributed by atoms with Crippen molar-refractivity contribution in [2.24, 2.45) is 5.73 Å². The summed E-state index contributed by atoms with van der Waals surface area (Å²) < 4.78 is 0. The molecule has 0 radical (unpaired) electrons. The lowest BCUT2D eigenvalue weighted by Gasteiger charge is -2.03. The van der Waals surface area contributed by atoms with E-state index in [2.05, 4.69) is 10.2 Å². The molecule has 0 spiro atoms. The minimum atomic E-state index is -1.06. The smallest absolute Gasteiger partial charge is 0.320 e. The molecule has 5 nitrogen and oxygen atoms in total. The lowest BCUT2D eigenvalue weighted by Crippen LogP contribution is -2.32. The number of carboxylic acid groups (broad SMARTS) is 1. The summed E-state index contributed by atoms with van der Waals surface area (Å²) in [6.45, 7) is 0. The summed E-state index contributed by atoms with van der Waals surface area (Å²) in [6.07, 6.45) is 0.152. The van der Waals surface area contributed by atoms with Gasteiger partial charge in [0.1, 0.15) is 6.04 Å². The van der Waals surface area contributed by atoms with E-state index in [0.717, 1.165) is 0 Å². The number of aromatic nitrogens is 2. The van der Waals surface area contributed by atoms with Crippen molar-refractivity contribution in [2.75, 3.05) is 0 Å². The Hall–Kier alpha value is -1.20. The van der Waals surface area contributed by atoms with Crippen molar-refractivity contribution in [2.45, 2.75) is 12.5 Å². The molecule has 1 rings (SSSR count). The van der Waals surface area contributed by atoms with Crippen LogP contribution >= 0.6 is 11.6 Å². The Labute approximate surface area is 79.5 Å². The highest BCUT2D eigenvalue weighted by molar-refractivity contribution is 6.29. The Morgan fingerprint density at radius 2 is 2.31 bits per heavy atom. The standard InChI is InChI=1S/C7H8ClN3O2/c8-6-2-1-4(10-11-6)3-5(9)7(12)13/h1-2,5H,3,9H2,(H,12,13). The SMILES string of the molecule is NC(Cc1ccc(Cl)nn1)C(=O)O. The predicted molar refractivity (Wildman–Crippen MR) is 46.4 cm³/mol. The Balaban J connectivity index is 2.64. The third kappa shape index (κ3) is 2.96. The molecule has 1 aromatic heterocycles. The van der Waals surface area contributed by atoms with E-state index in [1.54, 1.807) is 12.1 Å². The maximum Gasteiger partial charge on any atom is 0.320 e. The van der Waals surface area contributed by atoms with Gasteiger partial charge in [0.25, 0.3) is 0 Å². The van der Waals surface area contributed by atoms with Crippen LogP contribution in [-0.4, -0.2) is 27.3 Å². The molecule has 1 atom stereocenters. The predicted octanol–water partition coefficient (Wildman–Crippen LogP) is 0.0844. The fourth-order valence-electron chi connectivity index (χ4n) is 0.765. The summed E-state index contributed by atoms with van der Waals surface area (Å²) in [4.78, 5) is 10.4. The molecule has 0 bridgehead atoms. The van der Waals surface area contributed by atoms with E-state index in [1.807, 2.05) is 0 Å². The summed E-state index contributed by atoms with van der Waals surface area (Å²) in [5.41, 5.74) is 5.80. The van der Waals surface area contributed by atoms with Gasteiger partial charge in [-0.25, -0.2) is 0 Å². The molecular weight excluding hydrogens is 194 g/mol. The third-order valence-corrected chi connectivity index (χ3v) is 1.64. The highest BCUT2D eigenvalue weighted by Gasteiger charge is 2.12. The number of hydrogen-bond acceptors (Lipinski definition) is 4. The average molecular weight is 202 g/mol. The van der Waals surface area contributed by atoms with Crippen molar-refractivity contribution in [3.63, 3.8) is 0 Å². The summed E-state index contributed by atoms with van der Waals surface area (Å²) in [5, 5.41) is 16.0. The fourth-order valence-corrected chi connectivity index (χ4v) is 0.866. The maximum absolute atomic E-state index is 10.4. The van der Waals surface area contributed by atoms with E-state index in [0.29, 0.717) is 5.69 Å². The largest absolute Gasteiger partial charge is 0.480 e. The van der Waals surface area contributed by atoms with Gasteiger partial charge >= 0.3 is 5.97 Å². The highest BCUT2D eigenvalue weighted by atomic mass is 35.5. The zero-order chi connectivity index (χ0) is 9.84. The van der Waals surface area contributed by atoms with Crippen LogP contribution in [0.1, 0.15) is 5.69 Å². The van der Waals surface area contributed by atoms with Gasteiger partial charge in [0.15, 0.2) is 5.15 Å². The monoisotopic (exact) mass is 201 g/mol. The number of aliphatic carboxylic acids is 1. The zero-order valence-corrected chi connectivity index (χ0v) is 7.40. The minimum absolute atomic E-state index is 0.152. The van der Waals surface area contributed by atoms with E-state index in [1.165, 1.54) is 0 Å². The molecular formula is C7H8ClN3O2. The molecule has 0 fully saturated rings. The van der Waals surface area contributed by atoms with Crippen LogP contribution in [0.15, 0.2) is 12.1 Å². The van der Waals surface area contributed by atoms with Gasteiger partial charge in [-0.2, -0.15) is 5.10 Å². The van der Waals surface area contributed by atoms with Crippen LogP contribution in [0.2, 0.25) is 5.15 Å². The lowest BCUT2D eigenvalue weighted by atomic mass is 10.2. The normalized spacial score (nSPS) is 12.5. The molecule has 0 aromatic carbocycles. The summed E-state index contributed by atoms with van der Waals surface area (Å²) >= 11 is 5.49. The number of carboxylic acids is 1. The molecule has 1 unspecified atom stereocenters. The van der Waals surface area contributed by atoms with Gasteiger partial charge in [-0.3, -0.25) is 4.79 Å². The van der Waals surface area contributed by atoms with E-state index in [9.17, 15) is 4.79 Å². The summed E-state index contributed by atoms with van der Waals surface area (Å²) in [5.74, 6) is -1.06. The lowest BCUT2D eigenvalue weighted by molar-refractivity contribution is -0.138. The van der Waals surface area contributed by atoms with Crippen molar-refractivity contribution >= 4 is 17.6 Å². The number of nitrogens with two attached hydrogens (primary N) is 1. The number of halogens is 1. The molecule has 1 heterocycles. The molecule has 0 amide bonds. The van der Waals surface area contributed by atoms with Crippen LogP contribution in [0.4, 0.5) is 0 Å². The zero-order valence-electron chi connectivity index (χ0n) is 6.64. The first-order valence-electron chi connectivity index (χ1n) is 3.56. The highest BCUT2D eigenvalue weighted by Crippen LogP contribution is 2.03. The number of rotatable bonds is 3. The van der Waals surface area contributed by atoms with Crippen molar-refractivity contribution < 1.29 is 9.90 Å². The first kappa shape index (κ1) is 9.88. The molecule has 13 heavy (non-hydrogen) atoms. The van der Waals surface area contributed by atoms with Gasteiger partial charge in [-0.1, -0.05) is 11.6 Å². The summed E-state index contributed by atoms with van der Waals surface area (Å²) in [6, 6.07) is 2.19. The van der Waals surface area contributed by atoms with Crippen LogP contribution in [0.25, 0.3) is 0 Å². The maximum atomic E-state index is 10.4. The Morgan fingerprint density at radius 1 is 1.62 bits per heavy atom. The second-order valence-electron chi connectivity index (χ2n) is 2.50. The van der Waals surface area contributed by atoms with Crippen molar-refractivity contribution in [3.05, 3.63) is 23.0 Å². The van der Waals surface area contributed by atoms with Gasteiger partial charge in [0.05, 0.1) is 5.69 Å². The molecule has 0 saturated carbocycles. The first-order chi connectivity index (χ1) is 6.09. The Morgan fingerprint density at radius 3 is 2.77 bits per heavy atom. The molecule has 3 N–H and O–H groups in total. The van der Waals surface area contributed by atoms with Crippen LogP contribution in [0.3, 0.4) is 0 Å². The molecule has 0 saturated heterocycles. The van der Waals surface area contributed by atoms with Gasteiger partial charge in [-0.05, 0) is 12.1 Å². The molecule has 0 aliphatic heterocycles. The topological polar surface area (TPSA) is 89.1 Å². The van der Waals surface area contributed by atoms with E-state index in [4.69, 9.17) is 22.4 Å². The van der Waals surface area contributed by atoms with Crippen molar-refractivity contribution in [1.82, 2.24) is 10.2 Å². The molecule has 70 valence electrons. The van der Waals surface area contributed by atoms with Crippen molar-refractivity contribution in [1.29, 1.82) is 0 Å². The van der Waals surface area contributed by atoms with Crippen LogP contribution in [0.5, 0.6) is 0 Å². The number of hydrogen-bond donors (Lipinski definition) is 2. The molecule has 0 aliphatic carbocycles. The number of nitrogens with zero attached hydrogens (tertiary/aromatic N) is 2. The quantitative estimate of drug-likeness (QED) is 0.723. The van der Waals surface area contributed by atoms with E-state index >= 15 is 0 Å². The Bertz CT molecular complexity index is 301. The fraction of sp³-hybridized carbons (Fsp3) is 0.286. The molecule has 1 aromatic rings. The molecule has 6 heteroatoms. The molecule has 0 aliphatic rings. The average Bonchev–Trinajstić information content (AvgIpc) is 2.08.